The van der Waals surface area contributed by atoms with Crippen LogP contribution in [0.1, 0.15) is 31.3 Å². The number of carboxylic acid groups (broad SMARTS) is 1. The highest BCUT2D eigenvalue weighted by atomic mass is 16.5. The second-order valence-electron chi connectivity index (χ2n) is 6.14. The summed E-state index contributed by atoms with van der Waals surface area (Å²) in [6.07, 6.45) is 1.26. The molecular formula is C14H21N3O4. The van der Waals surface area contributed by atoms with E-state index in [1.54, 1.807) is 0 Å². The highest BCUT2D eigenvalue weighted by Gasteiger charge is 2.22. The first-order chi connectivity index (χ1) is 9.87. The number of nitrogens with zero attached hydrogens (tertiary/aromatic N) is 3. The van der Waals surface area contributed by atoms with Crippen molar-refractivity contribution >= 4 is 11.8 Å². The minimum Gasteiger partial charge on any atom is -0.476 e. The summed E-state index contributed by atoms with van der Waals surface area (Å²) in [6, 6.07) is 0. The van der Waals surface area contributed by atoms with Crippen LogP contribution in [0.4, 0.5) is 5.82 Å². The molecule has 0 unspecified atom stereocenters. The molecule has 1 fully saturated rings. The minimum absolute atomic E-state index is 0.0524. The van der Waals surface area contributed by atoms with Gasteiger partial charge in [0.05, 0.1) is 26.0 Å². The Hall–Kier alpha value is -1.89. The van der Waals surface area contributed by atoms with Gasteiger partial charge in [-0.2, -0.15) is 0 Å². The summed E-state index contributed by atoms with van der Waals surface area (Å²) in [7, 11) is 0. The van der Waals surface area contributed by atoms with E-state index in [4.69, 9.17) is 14.6 Å². The number of hydrogen-bond donors (Lipinski definition) is 1. The van der Waals surface area contributed by atoms with Crippen molar-refractivity contribution in [2.24, 2.45) is 5.41 Å². The van der Waals surface area contributed by atoms with Crippen LogP contribution >= 0.6 is 0 Å². The summed E-state index contributed by atoms with van der Waals surface area (Å²) >= 11 is 0. The van der Waals surface area contributed by atoms with Gasteiger partial charge in [-0.05, 0) is 5.41 Å². The van der Waals surface area contributed by atoms with Gasteiger partial charge < -0.3 is 19.5 Å². The lowest BCUT2D eigenvalue weighted by molar-refractivity contribution is 0.0688. The lowest BCUT2D eigenvalue weighted by atomic mass is 9.99. The predicted molar refractivity (Wildman–Crippen MR) is 77.0 cm³/mol. The molecule has 1 aliphatic rings. The van der Waals surface area contributed by atoms with Gasteiger partial charge in [0.25, 0.3) is 5.88 Å². The van der Waals surface area contributed by atoms with Crippen molar-refractivity contribution in [2.45, 2.75) is 20.8 Å². The van der Waals surface area contributed by atoms with Gasteiger partial charge in [0, 0.05) is 13.1 Å². The van der Waals surface area contributed by atoms with Gasteiger partial charge in [0.2, 0.25) is 0 Å². The van der Waals surface area contributed by atoms with E-state index in [1.165, 1.54) is 6.20 Å². The van der Waals surface area contributed by atoms with Gasteiger partial charge in [-0.15, -0.1) is 0 Å². The summed E-state index contributed by atoms with van der Waals surface area (Å²) < 4.78 is 11.0. The molecule has 0 radical (unpaired) electrons. The zero-order valence-corrected chi connectivity index (χ0v) is 12.6. The predicted octanol–water partition coefficient (Wildman–Crippen LogP) is 1.44. The van der Waals surface area contributed by atoms with Gasteiger partial charge in [0.1, 0.15) is 0 Å². The van der Waals surface area contributed by atoms with Crippen LogP contribution < -0.4 is 9.64 Å². The molecular weight excluding hydrogens is 274 g/mol. The van der Waals surface area contributed by atoms with Crippen LogP contribution in [0, 0.1) is 5.41 Å². The number of carboxylic acids is 1. The fourth-order valence-electron chi connectivity index (χ4n) is 1.84. The van der Waals surface area contributed by atoms with Crippen molar-refractivity contribution in [1.29, 1.82) is 0 Å². The van der Waals surface area contributed by atoms with Crippen LogP contribution in [0.25, 0.3) is 0 Å². The molecule has 116 valence electrons. The first-order valence-electron chi connectivity index (χ1n) is 6.93. The average Bonchev–Trinajstić information content (AvgIpc) is 2.45. The van der Waals surface area contributed by atoms with Crippen LogP contribution in [0.2, 0.25) is 0 Å². The molecule has 1 aromatic rings. The summed E-state index contributed by atoms with van der Waals surface area (Å²) in [5, 5.41) is 9.05. The van der Waals surface area contributed by atoms with Crippen LogP contribution in [0.15, 0.2) is 6.20 Å². The molecule has 2 rings (SSSR count). The van der Waals surface area contributed by atoms with Crippen molar-refractivity contribution in [3.8, 4) is 5.88 Å². The van der Waals surface area contributed by atoms with E-state index in [9.17, 15) is 4.79 Å². The summed E-state index contributed by atoms with van der Waals surface area (Å²) in [4.78, 5) is 21.4. The molecule has 7 heteroatoms. The Kier molecular flexibility index (Phi) is 4.62. The summed E-state index contributed by atoms with van der Waals surface area (Å²) in [6.45, 7) is 9.14. The van der Waals surface area contributed by atoms with Gasteiger partial charge in [0.15, 0.2) is 11.5 Å². The molecule has 0 spiro atoms. The third-order valence-corrected chi connectivity index (χ3v) is 2.89. The number of rotatable bonds is 4. The van der Waals surface area contributed by atoms with Crippen LogP contribution in [0.5, 0.6) is 5.88 Å². The highest BCUT2D eigenvalue weighted by molar-refractivity contribution is 5.85. The number of aromatic nitrogens is 2. The number of aromatic carboxylic acids is 1. The molecule has 0 amide bonds. The van der Waals surface area contributed by atoms with E-state index in [0.29, 0.717) is 38.7 Å². The third kappa shape index (κ3) is 4.29. The SMILES string of the molecule is CC(C)(C)COc1nc(C(=O)O)cnc1N1CCOCC1. The van der Waals surface area contributed by atoms with Crippen molar-refractivity contribution in [1.82, 2.24) is 9.97 Å². The maximum atomic E-state index is 11.1. The first-order valence-corrected chi connectivity index (χ1v) is 6.93. The van der Waals surface area contributed by atoms with E-state index >= 15 is 0 Å². The first kappa shape index (κ1) is 15.5. The second-order valence-corrected chi connectivity index (χ2v) is 6.14. The maximum Gasteiger partial charge on any atom is 0.356 e. The molecule has 2 heterocycles. The lowest BCUT2D eigenvalue weighted by Crippen LogP contribution is -2.37. The molecule has 0 atom stereocenters. The molecule has 7 nitrogen and oxygen atoms in total. The zero-order valence-electron chi connectivity index (χ0n) is 12.6. The largest absolute Gasteiger partial charge is 0.476 e. The zero-order chi connectivity index (χ0) is 15.5. The molecule has 1 N–H and O–H groups in total. The van der Waals surface area contributed by atoms with Crippen molar-refractivity contribution < 1.29 is 19.4 Å². The smallest absolute Gasteiger partial charge is 0.356 e. The second kappa shape index (κ2) is 6.26. The Morgan fingerprint density at radius 1 is 1.43 bits per heavy atom. The van der Waals surface area contributed by atoms with Gasteiger partial charge in [-0.1, -0.05) is 20.8 Å². The molecule has 0 aliphatic carbocycles. The van der Waals surface area contributed by atoms with E-state index in [1.807, 2.05) is 25.7 Å². The molecule has 1 aromatic heterocycles. The Morgan fingerprint density at radius 2 is 2.10 bits per heavy atom. The Bertz CT molecular complexity index is 507. The van der Waals surface area contributed by atoms with Crippen molar-refractivity contribution in [3.63, 3.8) is 0 Å². The standard InChI is InChI=1S/C14H21N3O4/c1-14(2,3)9-21-12-11(17-4-6-20-7-5-17)15-8-10(16-12)13(18)19/h8H,4-7,9H2,1-3H3,(H,18,19). The van der Waals surface area contributed by atoms with Gasteiger partial charge >= 0.3 is 5.97 Å². The van der Waals surface area contributed by atoms with Gasteiger partial charge in [-0.25, -0.2) is 14.8 Å². The summed E-state index contributed by atoms with van der Waals surface area (Å²) in [5.41, 5.74) is -0.167. The van der Waals surface area contributed by atoms with Crippen molar-refractivity contribution in [2.75, 3.05) is 37.8 Å². The molecule has 21 heavy (non-hydrogen) atoms. The fraction of sp³-hybridized carbons (Fsp3) is 0.643. The monoisotopic (exact) mass is 295 g/mol. The Labute approximate surface area is 123 Å². The topological polar surface area (TPSA) is 84.8 Å². The molecule has 1 saturated heterocycles. The van der Waals surface area contributed by atoms with Crippen molar-refractivity contribution in [3.05, 3.63) is 11.9 Å². The highest BCUT2D eigenvalue weighted by Crippen LogP contribution is 2.26. The number of hydrogen-bond acceptors (Lipinski definition) is 6. The summed E-state index contributed by atoms with van der Waals surface area (Å²) in [5.74, 6) is -0.268. The normalized spacial score (nSPS) is 15.9. The lowest BCUT2D eigenvalue weighted by Gasteiger charge is -2.29. The van der Waals surface area contributed by atoms with E-state index in [-0.39, 0.29) is 17.0 Å². The van der Waals surface area contributed by atoms with Crippen LogP contribution in [-0.4, -0.2) is 54.0 Å². The van der Waals surface area contributed by atoms with Crippen LogP contribution in [-0.2, 0) is 4.74 Å². The minimum atomic E-state index is -1.11. The molecule has 1 aliphatic heterocycles. The number of morpholine rings is 1. The van der Waals surface area contributed by atoms with Gasteiger partial charge in [-0.3, -0.25) is 0 Å². The molecule has 0 bridgehead atoms. The number of carbonyl (C=O) groups is 1. The van der Waals surface area contributed by atoms with Crippen LogP contribution in [0.3, 0.4) is 0 Å². The van der Waals surface area contributed by atoms with E-state index in [2.05, 4.69) is 9.97 Å². The molecule has 0 aromatic carbocycles. The fourth-order valence-corrected chi connectivity index (χ4v) is 1.84. The quantitative estimate of drug-likeness (QED) is 0.899. The molecule has 0 saturated carbocycles. The Morgan fingerprint density at radius 3 is 2.67 bits per heavy atom. The number of ether oxygens (including phenoxy) is 2. The average molecular weight is 295 g/mol. The van der Waals surface area contributed by atoms with E-state index in [0.717, 1.165) is 0 Å². The van der Waals surface area contributed by atoms with E-state index < -0.39 is 5.97 Å². The third-order valence-electron chi connectivity index (χ3n) is 2.89. The Balaban J connectivity index is 2.26. The maximum absolute atomic E-state index is 11.1. The number of anilines is 1.